The van der Waals surface area contributed by atoms with E-state index < -0.39 is 5.60 Å². The third kappa shape index (κ3) is 4.01. The molecule has 2 N–H and O–H groups in total. The van der Waals surface area contributed by atoms with Gasteiger partial charge in [0.05, 0.1) is 11.3 Å². The zero-order chi connectivity index (χ0) is 15.7. The molecule has 1 aliphatic rings. The molecule has 1 amide bonds. The first-order valence-corrected chi connectivity index (χ1v) is 8.32. The Bertz CT molecular complexity index is 499. The molecular weight excluding hydrogens is 286 g/mol. The minimum absolute atomic E-state index is 0.179. The zero-order valence-corrected chi connectivity index (χ0v) is 14.1. The van der Waals surface area contributed by atoms with Crippen LogP contribution in [0.4, 0.5) is 0 Å². The third-order valence-electron chi connectivity index (χ3n) is 4.19. The summed E-state index contributed by atoms with van der Waals surface area (Å²) < 4.78 is 3.90. The standard InChI is InChI=1S/C15H25N3O2S/c1-10-5-7-15(20,8-6-10)9-16-13(19)11-12(14(2,3)4)17-18-21-11/h10,20H,5-9H2,1-4H3,(H,16,19). The quantitative estimate of drug-likeness (QED) is 0.899. The molecule has 0 saturated heterocycles. The first-order valence-electron chi connectivity index (χ1n) is 7.55. The molecule has 0 aromatic carbocycles. The highest BCUT2D eigenvalue weighted by Crippen LogP contribution is 2.31. The minimum Gasteiger partial charge on any atom is -0.388 e. The molecule has 1 aromatic heterocycles. The Morgan fingerprint density at radius 3 is 2.62 bits per heavy atom. The number of hydrogen-bond acceptors (Lipinski definition) is 5. The van der Waals surface area contributed by atoms with Gasteiger partial charge in [0.1, 0.15) is 4.88 Å². The number of carbonyl (C=O) groups excluding carboxylic acids is 1. The molecule has 0 atom stereocenters. The van der Waals surface area contributed by atoms with E-state index in [2.05, 4.69) is 21.8 Å². The summed E-state index contributed by atoms with van der Waals surface area (Å²) in [6.07, 6.45) is 3.53. The van der Waals surface area contributed by atoms with E-state index in [1.54, 1.807) is 0 Å². The molecule has 0 radical (unpaired) electrons. The van der Waals surface area contributed by atoms with Crippen LogP contribution in [0.1, 0.15) is 68.7 Å². The van der Waals surface area contributed by atoms with Crippen LogP contribution in [-0.4, -0.2) is 32.7 Å². The topological polar surface area (TPSA) is 75.1 Å². The number of aliphatic hydroxyl groups is 1. The molecule has 1 saturated carbocycles. The van der Waals surface area contributed by atoms with E-state index in [9.17, 15) is 9.90 Å². The maximum atomic E-state index is 12.3. The van der Waals surface area contributed by atoms with E-state index in [4.69, 9.17) is 0 Å². The fraction of sp³-hybridized carbons (Fsp3) is 0.800. The number of nitrogens with one attached hydrogen (secondary N) is 1. The minimum atomic E-state index is -0.762. The number of nitrogens with zero attached hydrogens (tertiary/aromatic N) is 2. The van der Waals surface area contributed by atoms with Gasteiger partial charge in [-0.1, -0.05) is 32.2 Å². The van der Waals surface area contributed by atoms with Crippen LogP contribution < -0.4 is 5.32 Å². The van der Waals surface area contributed by atoms with Gasteiger partial charge in [-0.05, 0) is 43.1 Å². The van der Waals surface area contributed by atoms with Crippen molar-refractivity contribution in [3.05, 3.63) is 10.6 Å². The van der Waals surface area contributed by atoms with Crippen LogP contribution >= 0.6 is 11.5 Å². The van der Waals surface area contributed by atoms with E-state index in [0.29, 0.717) is 23.0 Å². The van der Waals surface area contributed by atoms with E-state index in [1.165, 1.54) is 0 Å². The summed E-state index contributed by atoms with van der Waals surface area (Å²) in [5, 5.41) is 17.5. The summed E-state index contributed by atoms with van der Waals surface area (Å²) in [4.78, 5) is 12.9. The average molecular weight is 311 g/mol. The van der Waals surface area contributed by atoms with Gasteiger partial charge < -0.3 is 10.4 Å². The number of amides is 1. The van der Waals surface area contributed by atoms with Crippen molar-refractivity contribution >= 4 is 17.4 Å². The lowest BCUT2D eigenvalue weighted by molar-refractivity contribution is -0.00538. The van der Waals surface area contributed by atoms with Crippen molar-refractivity contribution in [3.63, 3.8) is 0 Å². The normalized spacial score (nSPS) is 26.6. The van der Waals surface area contributed by atoms with Gasteiger partial charge in [0.25, 0.3) is 5.91 Å². The smallest absolute Gasteiger partial charge is 0.265 e. The van der Waals surface area contributed by atoms with Crippen molar-refractivity contribution in [2.45, 2.75) is 64.4 Å². The SMILES string of the molecule is CC1CCC(O)(CNC(=O)c2snnc2C(C)(C)C)CC1. The fourth-order valence-electron chi connectivity index (χ4n) is 2.63. The van der Waals surface area contributed by atoms with Crippen molar-refractivity contribution in [2.75, 3.05) is 6.54 Å². The maximum Gasteiger partial charge on any atom is 0.265 e. The largest absolute Gasteiger partial charge is 0.388 e. The summed E-state index contributed by atoms with van der Waals surface area (Å²) in [6.45, 7) is 8.54. The second-order valence-electron chi connectivity index (χ2n) is 7.29. The van der Waals surface area contributed by atoms with Crippen molar-refractivity contribution in [1.82, 2.24) is 14.9 Å². The Kier molecular flexibility index (Phi) is 4.68. The fourth-order valence-corrected chi connectivity index (χ4v) is 3.42. The van der Waals surface area contributed by atoms with Gasteiger partial charge in [0, 0.05) is 12.0 Å². The van der Waals surface area contributed by atoms with E-state index in [0.717, 1.165) is 37.2 Å². The lowest BCUT2D eigenvalue weighted by Gasteiger charge is -2.34. The van der Waals surface area contributed by atoms with Crippen molar-refractivity contribution < 1.29 is 9.90 Å². The van der Waals surface area contributed by atoms with Gasteiger partial charge >= 0.3 is 0 Å². The van der Waals surface area contributed by atoms with Crippen LogP contribution in [0.15, 0.2) is 0 Å². The molecule has 0 unspecified atom stereocenters. The number of carbonyl (C=O) groups is 1. The van der Waals surface area contributed by atoms with Crippen LogP contribution in [-0.2, 0) is 5.41 Å². The molecule has 1 aromatic rings. The molecule has 1 fully saturated rings. The highest BCUT2D eigenvalue weighted by atomic mass is 32.1. The Balaban J connectivity index is 1.98. The molecule has 21 heavy (non-hydrogen) atoms. The second kappa shape index (κ2) is 6.01. The van der Waals surface area contributed by atoms with Crippen molar-refractivity contribution in [3.8, 4) is 0 Å². The summed E-state index contributed by atoms with van der Waals surface area (Å²) in [7, 11) is 0. The number of hydrogen-bond donors (Lipinski definition) is 2. The lowest BCUT2D eigenvalue weighted by Crippen LogP contribution is -2.45. The zero-order valence-electron chi connectivity index (χ0n) is 13.3. The third-order valence-corrected chi connectivity index (χ3v) is 4.91. The van der Waals surface area contributed by atoms with Crippen molar-refractivity contribution in [1.29, 1.82) is 0 Å². The van der Waals surface area contributed by atoms with Crippen LogP contribution in [0.3, 0.4) is 0 Å². The van der Waals surface area contributed by atoms with Gasteiger partial charge in [-0.2, -0.15) is 0 Å². The molecule has 1 heterocycles. The predicted octanol–water partition coefficient (Wildman–Crippen LogP) is 2.51. The second-order valence-corrected chi connectivity index (χ2v) is 8.04. The lowest BCUT2D eigenvalue weighted by atomic mass is 9.79. The highest BCUT2D eigenvalue weighted by Gasteiger charge is 2.33. The van der Waals surface area contributed by atoms with Crippen LogP contribution in [0, 0.1) is 5.92 Å². The Hall–Kier alpha value is -1.01. The van der Waals surface area contributed by atoms with Crippen LogP contribution in [0.5, 0.6) is 0 Å². The molecule has 0 spiro atoms. The summed E-state index contributed by atoms with van der Waals surface area (Å²) in [6, 6.07) is 0. The summed E-state index contributed by atoms with van der Waals surface area (Å²) in [5.41, 5.74) is -0.256. The Labute approximate surface area is 130 Å². The van der Waals surface area contributed by atoms with E-state index >= 15 is 0 Å². The van der Waals surface area contributed by atoms with Crippen LogP contribution in [0.2, 0.25) is 0 Å². The molecule has 2 rings (SSSR count). The molecule has 0 bridgehead atoms. The van der Waals surface area contributed by atoms with Gasteiger partial charge in [-0.15, -0.1) is 5.10 Å². The van der Waals surface area contributed by atoms with E-state index in [-0.39, 0.29) is 11.3 Å². The average Bonchev–Trinajstić information content (AvgIpc) is 2.89. The van der Waals surface area contributed by atoms with E-state index in [1.807, 2.05) is 20.8 Å². The highest BCUT2D eigenvalue weighted by molar-refractivity contribution is 7.08. The molecule has 5 nitrogen and oxygen atoms in total. The molecule has 0 aliphatic heterocycles. The molecular formula is C15H25N3O2S. The number of aromatic nitrogens is 2. The van der Waals surface area contributed by atoms with Gasteiger partial charge in [-0.3, -0.25) is 4.79 Å². The van der Waals surface area contributed by atoms with Gasteiger partial charge in [-0.25, -0.2) is 0 Å². The summed E-state index contributed by atoms with van der Waals surface area (Å²) >= 11 is 1.12. The molecule has 1 aliphatic carbocycles. The number of rotatable bonds is 3. The summed E-state index contributed by atoms with van der Waals surface area (Å²) in [5.74, 6) is 0.487. The predicted molar refractivity (Wildman–Crippen MR) is 83.5 cm³/mol. The Morgan fingerprint density at radius 2 is 2.05 bits per heavy atom. The molecule has 6 heteroatoms. The van der Waals surface area contributed by atoms with Crippen molar-refractivity contribution in [2.24, 2.45) is 5.92 Å². The monoisotopic (exact) mass is 311 g/mol. The first kappa shape index (κ1) is 16.4. The maximum absolute atomic E-state index is 12.3. The van der Waals surface area contributed by atoms with Gasteiger partial charge in [0.15, 0.2) is 0 Å². The molecule has 118 valence electrons. The van der Waals surface area contributed by atoms with Crippen LogP contribution in [0.25, 0.3) is 0 Å². The van der Waals surface area contributed by atoms with Gasteiger partial charge in [0.2, 0.25) is 0 Å². The first-order chi connectivity index (χ1) is 9.71. The Morgan fingerprint density at radius 1 is 1.43 bits per heavy atom.